The summed E-state index contributed by atoms with van der Waals surface area (Å²) >= 11 is 0. The van der Waals surface area contributed by atoms with Gasteiger partial charge in [-0.3, -0.25) is 0 Å². The Bertz CT molecular complexity index is 975. The predicted octanol–water partition coefficient (Wildman–Crippen LogP) is 3.98. The molecular weight excluding hydrogens is 298 g/mol. The maximum atomic E-state index is 9.65. The Hall–Kier alpha value is -3.31. The fraction of sp³-hybridized carbons (Fsp3) is 0.211. The third-order valence-corrected chi connectivity index (χ3v) is 4.42. The van der Waals surface area contributed by atoms with Crippen molar-refractivity contribution in [2.45, 2.75) is 20.4 Å². The fourth-order valence-corrected chi connectivity index (χ4v) is 3.01. The number of rotatable bonds is 3. The lowest BCUT2D eigenvalue weighted by atomic mass is 10.0. The Morgan fingerprint density at radius 2 is 1.92 bits per heavy atom. The number of imidazole rings is 1. The molecule has 0 atom stereocenters. The van der Waals surface area contributed by atoms with Crippen LogP contribution in [-0.4, -0.2) is 14.1 Å². The highest BCUT2D eigenvalue weighted by Gasteiger charge is 2.19. The lowest BCUT2D eigenvalue weighted by molar-refractivity contribution is 0.694. The van der Waals surface area contributed by atoms with E-state index in [1.54, 1.807) is 18.5 Å². The molecule has 0 fully saturated rings. The first-order valence-corrected chi connectivity index (χ1v) is 7.59. The third kappa shape index (κ3) is 2.47. The van der Waals surface area contributed by atoms with Gasteiger partial charge < -0.3 is 9.13 Å². The van der Waals surface area contributed by atoms with Crippen molar-refractivity contribution in [3.05, 3.63) is 70.9 Å². The van der Waals surface area contributed by atoms with Gasteiger partial charge in [0, 0.05) is 30.2 Å². The summed E-state index contributed by atoms with van der Waals surface area (Å²) in [5.41, 5.74) is 6.25. The maximum Gasteiger partial charge on any atom is 0.187 e. The van der Waals surface area contributed by atoms with Crippen molar-refractivity contribution in [2.75, 3.05) is 0 Å². The Morgan fingerprint density at radius 3 is 2.46 bits per heavy atom. The van der Waals surface area contributed by atoms with E-state index < -0.39 is 0 Å². The van der Waals surface area contributed by atoms with Gasteiger partial charge in [0.1, 0.15) is 6.07 Å². The first-order valence-electron chi connectivity index (χ1n) is 7.59. The number of aromatic nitrogens is 3. The summed E-state index contributed by atoms with van der Waals surface area (Å²) in [4.78, 5) is 7.58. The van der Waals surface area contributed by atoms with Gasteiger partial charge in [0.25, 0.3) is 0 Å². The molecule has 2 aromatic heterocycles. The fourth-order valence-electron chi connectivity index (χ4n) is 3.01. The van der Waals surface area contributed by atoms with Gasteiger partial charge in [-0.1, -0.05) is 24.3 Å². The minimum absolute atomic E-state index is 0.598. The van der Waals surface area contributed by atoms with Crippen molar-refractivity contribution >= 4 is 5.69 Å². The standard InChI is InChI=1S/C19H17N5/c1-13-18(9-20)19(15-5-7-16(21-3)8-6-15)14(2)24(13)11-17-10-22-12-23(17)4/h5-8,10,12H,11H2,1-2,4H3. The monoisotopic (exact) mass is 315 g/mol. The molecule has 3 aromatic rings. The van der Waals surface area contributed by atoms with E-state index in [9.17, 15) is 5.26 Å². The molecule has 0 saturated heterocycles. The summed E-state index contributed by atoms with van der Waals surface area (Å²) in [6, 6.07) is 9.73. The van der Waals surface area contributed by atoms with E-state index in [1.807, 2.05) is 43.8 Å². The summed E-state index contributed by atoms with van der Waals surface area (Å²) in [6.45, 7) is 11.7. The Balaban J connectivity index is 2.13. The van der Waals surface area contributed by atoms with Gasteiger partial charge in [0.05, 0.1) is 30.7 Å². The van der Waals surface area contributed by atoms with E-state index in [0.29, 0.717) is 17.8 Å². The van der Waals surface area contributed by atoms with E-state index in [4.69, 9.17) is 6.57 Å². The summed E-state index contributed by atoms with van der Waals surface area (Å²) in [5.74, 6) is 0. The molecule has 5 heteroatoms. The van der Waals surface area contributed by atoms with Crippen molar-refractivity contribution in [2.24, 2.45) is 7.05 Å². The van der Waals surface area contributed by atoms with Crippen LogP contribution in [0.3, 0.4) is 0 Å². The second-order valence-corrected chi connectivity index (χ2v) is 5.77. The van der Waals surface area contributed by atoms with E-state index >= 15 is 0 Å². The molecule has 0 radical (unpaired) electrons. The van der Waals surface area contributed by atoms with Crippen LogP contribution in [0, 0.1) is 31.8 Å². The predicted molar refractivity (Wildman–Crippen MR) is 92.6 cm³/mol. The normalized spacial score (nSPS) is 10.4. The van der Waals surface area contributed by atoms with Crippen molar-refractivity contribution in [1.29, 1.82) is 5.26 Å². The molecule has 0 aliphatic carbocycles. The minimum Gasteiger partial charge on any atom is -0.341 e. The highest BCUT2D eigenvalue weighted by molar-refractivity contribution is 5.76. The molecule has 118 valence electrons. The first kappa shape index (κ1) is 15.6. The van der Waals surface area contributed by atoms with Crippen LogP contribution in [0.15, 0.2) is 36.8 Å². The SMILES string of the molecule is [C-]#[N+]c1ccc(-c2c(C#N)c(C)n(Cc3cncn3C)c2C)cc1. The van der Waals surface area contributed by atoms with Gasteiger partial charge in [-0.2, -0.15) is 5.26 Å². The van der Waals surface area contributed by atoms with E-state index in [1.165, 1.54) is 0 Å². The molecule has 24 heavy (non-hydrogen) atoms. The highest BCUT2D eigenvalue weighted by atomic mass is 15.1. The van der Waals surface area contributed by atoms with Crippen LogP contribution in [0.5, 0.6) is 0 Å². The largest absolute Gasteiger partial charge is 0.341 e. The molecular formula is C19H17N5. The molecule has 0 N–H and O–H groups in total. The average molecular weight is 315 g/mol. The second-order valence-electron chi connectivity index (χ2n) is 5.77. The van der Waals surface area contributed by atoms with Crippen molar-refractivity contribution in [1.82, 2.24) is 14.1 Å². The summed E-state index contributed by atoms with van der Waals surface area (Å²) < 4.78 is 4.13. The lowest BCUT2D eigenvalue weighted by Gasteiger charge is -2.10. The smallest absolute Gasteiger partial charge is 0.187 e. The van der Waals surface area contributed by atoms with Crippen molar-refractivity contribution in [3.8, 4) is 17.2 Å². The van der Waals surface area contributed by atoms with Crippen LogP contribution in [0.2, 0.25) is 0 Å². The minimum atomic E-state index is 0.598. The van der Waals surface area contributed by atoms with Crippen LogP contribution in [0.1, 0.15) is 22.6 Å². The van der Waals surface area contributed by atoms with Gasteiger partial charge in [-0.05, 0) is 19.4 Å². The van der Waals surface area contributed by atoms with E-state index in [0.717, 1.165) is 28.2 Å². The summed E-state index contributed by atoms with van der Waals surface area (Å²) in [7, 11) is 1.96. The quantitative estimate of drug-likeness (QED) is 0.687. The van der Waals surface area contributed by atoms with Gasteiger partial charge >= 0.3 is 0 Å². The van der Waals surface area contributed by atoms with Crippen LogP contribution in [0.4, 0.5) is 5.69 Å². The lowest BCUT2D eigenvalue weighted by Crippen LogP contribution is -2.07. The Kier molecular flexibility index (Phi) is 3.93. The number of benzene rings is 1. The zero-order valence-corrected chi connectivity index (χ0v) is 13.9. The topological polar surface area (TPSA) is 50.9 Å². The number of aryl methyl sites for hydroxylation is 1. The molecule has 0 unspecified atom stereocenters. The zero-order chi connectivity index (χ0) is 17.3. The molecule has 3 rings (SSSR count). The molecule has 0 bridgehead atoms. The molecule has 0 aliphatic heterocycles. The van der Waals surface area contributed by atoms with E-state index in [-0.39, 0.29) is 0 Å². The van der Waals surface area contributed by atoms with Crippen LogP contribution >= 0.6 is 0 Å². The maximum absolute atomic E-state index is 9.65. The van der Waals surface area contributed by atoms with Gasteiger partial charge in [-0.15, -0.1) is 0 Å². The summed E-state index contributed by atoms with van der Waals surface area (Å²) in [6.07, 6.45) is 3.62. The summed E-state index contributed by atoms with van der Waals surface area (Å²) in [5, 5.41) is 9.65. The zero-order valence-electron chi connectivity index (χ0n) is 13.9. The van der Waals surface area contributed by atoms with Crippen molar-refractivity contribution < 1.29 is 0 Å². The number of hydrogen-bond acceptors (Lipinski definition) is 2. The Labute approximate surface area is 141 Å². The molecule has 0 amide bonds. The third-order valence-electron chi connectivity index (χ3n) is 4.42. The average Bonchev–Trinajstić information content (AvgIpc) is 3.10. The van der Waals surface area contributed by atoms with Crippen molar-refractivity contribution in [3.63, 3.8) is 0 Å². The van der Waals surface area contributed by atoms with Crippen LogP contribution < -0.4 is 0 Å². The molecule has 5 nitrogen and oxygen atoms in total. The van der Waals surface area contributed by atoms with Crippen LogP contribution in [-0.2, 0) is 13.6 Å². The number of hydrogen-bond donors (Lipinski definition) is 0. The number of nitriles is 1. The van der Waals surface area contributed by atoms with Gasteiger partial charge in [0.2, 0.25) is 0 Å². The molecule has 0 spiro atoms. The molecule has 2 heterocycles. The molecule has 1 aromatic carbocycles. The van der Waals surface area contributed by atoms with E-state index in [2.05, 4.69) is 20.5 Å². The van der Waals surface area contributed by atoms with Gasteiger partial charge in [0.15, 0.2) is 5.69 Å². The number of nitrogens with zero attached hydrogens (tertiary/aromatic N) is 5. The Morgan fingerprint density at radius 1 is 1.21 bits per heavy atom. The molecule has 0 aliphatic rings. The van der Waals surface area contributed by atoms with Crippen LogP contribution in [0.25, 0.3) is 16.0 Å². The first-order chi connectivity index (χ1) is 11.6. The highest BCUT2D eigenvalue weighted by Crippen LogP contribution is 2.33. The molecule has 0 saturated carbocycles. The second kappa shape index (κ2) is 6.06. The van der Waals surface area contributed by atoms with Gasteiger partial charge in [-0.25, -0.2) is 9.83 Å².